The zero-order valence-corrected chi connectivity index (χ0v) is 17.4. The molecule has 2 amide bonds. The fourth-order valence-electron chi connectivity index (χ4n) is 3.57. The Morgan fingerprint density at radius 2 is 1.59 bits per heavy atom. The van der Waals surface area contributed by atoms with Crippen LogP contribution in [0, 0.1) is 5.92 Å². The van der Waals surface area contributed by atoms with Gasteiger partial charge in [0.2, 0.25) is 0 Å². The monoisotopic (exact) mass is 446 g/mol. The van der Waals surface area contributed by atoms with Crippen LogP contribution in [0.15, 0.2) is 48.5 Å². The number of carbonyl (C=O) groups excluding carboxylic acids is 2. The van der Waals surface area contributed by atoms with Crippen LogP contribution in [-0.4, -0.2) is 48.7 Å². The lowest BCUT2D eigenvalue weighted by Gasteiger charge is -2.18. The first-order chi connectivity index (χ1) is 15.2. The van der Waals surface area contributed by atoms with Crippen molar-refractivity contribution in [1.82, 2.24) is 10.6 Å². The molecule has 0 aromatic heterocycles. The van der Waals surface area contributed by atoms with Crippen molar-refractivity contribution in [2.75, 3.05) is 19.7 Å². The largest absolute Gasteiger partial charge is 0.481 e. The van der Waals surface area contributed by atoms with E-state index in [9.17, 15) is 23.2 Å². The molecule has 0 bridgehead atoms. The molecule has 3 rings (SSSR count). The van der Waals surface area contributed by atoms with Gasteiger partial charge in [-0.3, -0.25) is 9.59 Å². The number of benzene rings is 2. The van der Waals surface area contributed by atoms with Gasteiger partial charge in [0, 0.05) is 12.5 Å². The SMILES string of the molecule is CC(CCNC(=O)C(F)(F)CNC(=O)OCC1c2ccccc2-c2ccccc21)C(=O)O. The number of aliphatic carboxylic acids is 1. The van der Waals surface area contributed by atoms with Crippen LogP contribution in [0.3, 0.4) is 0 Å². The summed E-state index contributed by atoms with van der Waals surface area (Å²) in [7, 11) is 0. The maximum Gasteiger partial charge on any atom is 0.407 e. The summed E-state index contributed by atoms with van der Waals surface area (Å²) in [5, 5.41) is 12.7. The van der Waals surface area contributed by atoms with Crippen LogP contribution in [0.25, 0.3) is 11.1 Å². The molecule has 0 aliphatic heterocycles. The Hall–Kier alpha value is -3.49. The van der Waals surface area contributed by atoms with E-state index in [1.165, 1.54) is 6.92 Å². The maximum atomic E-state index is 14.0. The topological polar surface area (TPSA) is 105 Å². The van der Waals surface area contributed by atoms with Gasteiger partial charge in [-0.05, 0) is 28.7 Å². The van der Waals surface area contributed by atoms with Crippen LogP contribution in [0.5, 0.6) is 0 Å². The third-order valence-corrected chi connectivity index (χ3v) is 5.42. The number of amides is 2. The van der Waals surface area contributed by atoms with Gasteiger partial charge >= 0.3 is 18.0 Å². The third-order valence-electron chi connectivity index (χ3n) is 5.42. The smallest absolute Gasteiger partial charge is 0.407 e. The van der Waals surface area contributed by atoms with Gasteiger partial charge in [-0.15, -0.1) is 0 Å². The summed E-state index contributed by atoms with van der Waals surface area (Å²) in [6, 6.07) is 15.4. The first kappa shape index (κ1) is 23.2. The fraction of sp³-hybridized carbons (Fsp3) is 0.348. The average Bonchev–Trinajstić information content (AvgIpc) is 3.10. The Labute approximate surface area is 183 Å². The molecule has 2 aromatic rings. The van der Waals surface area contributed by atoms with E-state index in [1.54, 1.807) is 0 Å². The second-order valence-electron chi connectivity index (χ2n) is 7.67. The first-order valence-electron chi connectivity index (χ1n) is 10.2. The van der Waals surface area contributed by atoms with Crippen LogP contribution < -0.4 is 10.6 Å². The van der Waals surface area contributed by atoms with E-state index in [1.807, 2.05) is 59.2 Å². The molecule has 0 saturated heterocycles. The summed E-state index contributed by atoms with van der Waals surface area (Å²) in [5.74, 6) is -7.52. The molecule has 0 heterocycles. The van der Waals surface area contributed by atoms with E-state index in [2.05, 4.69) is 0 Å². The van der Waals surface area contributed by atoms with Crippen LogP contribution in [0.2, 0.25) is 0 Å². The van der Waals surface area contributed by atoms with E-state index in [0.717, 1.165) is 22.3 Å². The normalized spacial score (nSPS) is 13.6. The van der Waals surface area contributed by atoms with E-state index >= 15 is 0 Å². The van der Waals surface area contributed by atoms with E-state index in [0.29, 0.717) is 0 Å². The van der Waals surface area contributed by atoms with E-state index < -0.39 is 36.4 Å². The van der Waals surface area contributed by atoms with Crippen molar-refractivity contribution in [2.45, 2.75) is 25.2 Å². The molecule has 0 fully saturated rings. The fourth-order valence-corrected chi connectivity index (χ4v) is 3.57. The zero-order valence-electron chi connectivity index (χ0n) is 17.4. The van der Waals surface area contributed by atoms with Crippen molar-refractivity contribution in [2.24, 2.45) is 5.92 Å². The number of rotatable bonds is 9. The number of carboxylic acids is 1. The van der Waals surface area contributed by atoms with Crippen molar-refractivity contribution in [3.05, 3.63) is 59.7 Å². The summed E-state index contributed by atoms with van der Waals surface area (Å²) in [4.78, 5) is 34.4. The minimum Gasteiger partial charge on any atom is -0.481 e. The number of hydrogen-bond acceptors (Lipinski definition) is 4. The Bertz CT molecular complexity index is 966. The third kappa shape index (κ3) is 5.22. The predicted octanol–water partition coefficient (Wildman–Crippen LogP) is 3.39. The Morgan fingerprint density at radius 3 is 2.16 bits per heavy atom. The van der Waals surface area contributed by atoms with Gasteiger partial charge in [0.05, 0.1) is 12.5 Å². The van der Waals surface area contributed by atoms with Gasteiger partial charge in [-0.25, -0.2) is 4.79 Å². The second-order valence-corrected chi connectivity index (χ2v) is 7.67. The highest BCUT2D eigenvalue weighted by Crippen LogP contribution is 2.44. The van der Waals surface area contributed by atoms with Crippen molar-refractivity contribution in [1.29, 1.82) is 0 Å². The number of hydrogen-bond donors (Lipinski definition) is 3. The lowest BCUT2D eigenvalue weighted by molar-refractivity contribution is -0.145. The van der Waals surface area contributed by atoms with Crippen LogP contribution in [0.4, 0.5) is 13.6 Å². The molecular weight excluding hydrogens is 422 g/mol. The molecule has 0 radical (unpaired) electrons. The van der Waals surface area contributed by atoms with Crippen molar-refractivity contribution < 1.29 is 33.0 Å². The van der Waals surface area contributed by atoms with Crippen molar-refractivity contribution in [3.8, 4) is 11.1 Å². The summed E-state index contributed by atoms with van der Waals surface area (Å²) in [6.45, 7) is -0.0765. The maximum absolute atomic E-state index is 14.0. The minimum absolute atomic E-state index is 0.0109. The number of carbonyl (C=O) groups is 3. The van der Waals surface area contributed by atoms with Crippen LogP contribution >= 0.6 is 0 Å². The van der Waals surface area contributed by atoms with Crippen LogP contribution in [0.1, 0.15) is 30.4 Å². The van der Waals surface area contributed by atoms with Gasteiger partial charge < -0.3 is 20.5 Å². The standard InChI is InChI=1S/C23H24F2N2O5/c1-14(20(28)29)10-11-26-21(30)23(24,25)13-27-22(31)32-12-19-17-8-4-2-6-15(17)16-7-3-5-9-18(16)19/h2-9,14,19H,10-13H2,1H3,(H,26,30)(H,27,31)(H,28,29). The van der Waals surface area contributed by atoms with E-state index in [4.69, 9.17) is 9.84 Å². The molecule has 1 unspecified atom stereocenters. The van der Waals surface area contributed by atoms with Gasteiger partial charge in [-0.2, -0.15) is 8.78 Å². The summed E-state index contributed by atoms with van der Waals surface area (Å²) in [5.41, 5.74) is 4.05. The molecule has 1 atom stereocenters. The molecule has 1 aliphatic rings. The predicted molar refractivity (Wildman–Crippen MR) is 112 cm³/mol. The Morgan fingerprint density at radius 1 is 1.03 bits per heavy atom. The number of alkyl halides is 2. The molecule has 2 aromatic carbocycles. The van der Waals surface area contributed by atoms with Gasteiger partial charge in [-0.1, -0.05) is 55.5 Å². The highest BCUT2D eigenvalue weighted by atomic mass is 19.3. The molecule has 1 aliphatic carbocycles. The number of fused-ring (bicyclic) bond motifs is 3. The number of carboxylic acid groups (broad SMARTS) is 1. The molecule has 0 spiro atoms. The average molecular weight is 446 g/mol. The van der Waals surface area contributed by atoms with E-state index in [-0.39, 0.29) is 25.5 Å². The zero-order chi connectivity index (χ0) is 23.3. The lowest BCUT2D eigenvalue weighted by Crippen LogP contribution is -2.48. The van der Waals surface area contributed by atoms with Crippen molar-refractivity contribution >= 4 is 18.0 Å². The van der Waals surface area contributed by atoms with Gasteiger partial charge in [0.1, 0.15) is 6.61 Å². The second kappa shape index (κ2) is 9.76. The first-order valence-corrected chi connectivity index (χ1v) is 10.2. The van der Waals surface area contributed by atoms with Crippen molar-refractivity contribution in [3.63, 3.8) is 0 Å². The highest BCUT2D eigenvalue weighted by Gasteiger charge is 2.39. The number of halogens is 2. The Kier molecular flexibility index (Phi) is 7.07. The van der Waals surface area contributed by atoms with Gasteiger partial charge in [0.15, 0.2) is 0 Å². The number of ether oxygens (including phenoxy) is 1. The summed E-state index contributed by atoms with van der Waals surface area (Å²) >= 11 is 0. The molecule has 32 heavy (non-hydrogen) atoms. The van der Waals surface area contributed by atoms with Gasteiger partial charge in [0.25, 0.3) is 5.91 Å². The summed E-state index contributed by atoms with van der Waals surface area (Å²) < 4.78 is 33.2. The molecule has 3 N–H and O–H groups in total. The molecule has 170 valence electrons. The number of alkyl carbamates (subject to hydrolysis) is 1. The highest BCUT2D eigenvalue weighted by molar-refractivity contribution is 5.84. The quantitative estimate of drug-likeness (QED) is 0.548. The summed E-state index contributed by atoms with van der Waals surface area (Å²) in [6.07, 6.45) is -1.05. The van der Waals surface area contributed by atoms with Crippen LogP contribution in [-0.2, 0) is 14.3 Å². The number of nitrogens with one attached hydrogen (secondary N) is 2. The molecule has 9 heteroatoms. The minimum atomic E-state index is -3.86. The Balaban J connectivity index is 1.50. The molecule has 0 saturated carbocycles. The molecule has 7 nitrogen and oxygen atoms in total. The molecular formula is C23H24F2N2O5. The lowest BCUT2D eigenvalue weighted by atomic mass is 9.98.